The molecule has 10 heteroatoms. The number of carbonyl (C=O) groups excluding carboxylic acids is 2. The molecule has 1 amide bonds. The van der Waals surface area contributed by atoms with E-state index in [4.69, 9.17) is 27.9 Å². The fourth-order valence-corrected chi connectivity index (χ4v) is 3.95. The van der Waals surface area contributed by atoms with Gasteiger partial charge in [0.15, 0.2) is 16.4 Å². The van der Waals surface area contributed by atoms with Crippen molar-refractivity contribution in [3.8, 4) is 0 Å². The maximum atomic E-state index is 12.1. The van der Waals surface area contributed by atoms with Crippen LogP contribution in [-0.4, -0.2) is 45.1 Å². The van der Waals surface area contributed by atoms with E-state index in [0.717, 1.165) is 17.2 Å². The lowest BCUT2D eigenvalue weighted by Crippen LogP contribution is -2.30. The van der Waals surface area contributed by atoms with Gasteiger partial charge in [-0.15, -0.1) is 11.3 Å². The summed E-state index contributed by atoms with van der Waals surface area (Å²) < 4.78 is 28.8. The highest BCUT2D eigenvalue weighted by Gasteiger charge is 2.19. The fourth-order valence-electron chi connectivity index (χ4n) is 1.97. The summed E-state index contributed by atoms with van der Waals surface area (Å²) in [6.07, 6.45) is 1.01. The smallest absolute Gasteiger partial charge is 0.340 e. The molecule has 0 fully saturated rings. The van der Waals surface area contributed by atoms with E-state index in [2.05, 4.69) is 0 Å². The molecule has 0 spiro atoms. The van der Waals surface area contributed by atoms with Crippen molar-refractivity contribution in [3.05, 3.63) is 50.1 Å². The predicted octanol–water partition coefficient (Wildman–Crippen LogP) is 3.27. The van der Waals surface area contributed by atoms with Crippen LogP contribution in [0.2, 0.25) is 9.36 Å². The Morgan fingerprint density at radius 2 is 1.88 bits per heavy atom. The number of ether oxygens (including phenoxy) is 1. The standard InChI is InChI=1S/C16H15Cl2NO5S2/c1-19(8-10-3-6-14(18)25-10)15(20)9-24-16(21)12-7-11(26(2,22)23)4-5-13(12)17/h3-7H,8-9H2,1-2H3. The zero-order valence-electron chi connectivity index (χ0n) is 13.9. The average molecular weight is 436 g/mol. The Hall–Kier alpha value is -1.61. The van der Waals surface area contributed by atoms with Crippen molar-refractivity contribution in [3.63, 3.8) is 0 Å². The van der Waals surface area contributed by atoms with Crippen molar-refractivity contribution in [2.45, 2.75) is 11.4 Å². The molecule has 0 saturated heterocycles. The van der Waals surface area contributed by atoms with Gasteiger partial charge in [0.1, 0.15) is 0 Å². The summed E-state index contributed by atoms with van der Waals surface area (Å²) in [6, 6.07) is 7.25. The number of amides is 1. The molecule has 0 aliphatic carbocycles. The van der Waals surface area contributed by atoms with Crippen molar-refractivity contribution >= 4 is 56.3 Å². The number of sulfone groups is 1. The number of thiophene rings is 1. The van der Waals surface area contributed by atoms with Crippen LogP contribution in [0.5, 0.6) is 0 Å². The van der Waals surface area contributed by atoms with Gasteiger partial charge in [0.05, 0.1) is 26.4 Å². The topological polar surface area (TPSA) is 80.8 Å². The second-order valence-corrected chi connectivity index (χ2v) is 9.67. The van der Waals surface area contributed by atoms with Crippen LogP contribution in [0.3, 0.4) is 0 Å². The Kier molecular flexibility index (Phi) is 6.68. The zero-order chi connectivity index (χ0) is 19.5. The second-order valence-electron chi connectivity index (χ2n) is 5.45. The Morgan fingerprint density at radius 1 is 1.19 bits per heavy atom. The third-order valence-electron chi connectivity index (χ3n) is 3.36. The lowest BCUT2D eigenvalue weighted by molar-refractivity contribution is -0.133. The highest BCUT2D eigenvalue weighted by atomic mass is 35.5. The molecule has 6 nitrogen and oxygen atoms in total. The molecule has 0 N–H and O–H groups in total. The molecule has 2 aromatic rings. The van der Waals surface area contributed by atoms with E-state index in [1.165, 1.54) is 28.4 Å². The summed E-state index contributed by atoms with van der Waals surface area (Å²) in [5.41, 5.74) is -0.116. The Labute approximate surface area is 165 Å². The molecular weight excluding hydrogens is 421 g/mol. The Bertz CT molecular complexity index is 940. The van der Waals surface area contributed by atoms with Crippen molar-refractivity contribution in [2.75, 3.05) is 19.9 Å². The summed E-state index contributed by atoms with van der Waals surface area (Å²) in [4.78, 5) is 26.5. The van der Waals surface area contributed by atoms with E-state index in [1.54, 1.807) is 19.2 Å². The third-order valence-corrected chi connectivity index (χ3v) is 6.02. The minimum absolute atomic E-state index is 0.0384. The maximum absolute atomic E-state index is 12.1. The summed E-state index contributed by atoms with van der Waals surface area (Å²) in [5, 5.41) is 0.0384. The van der Waals surface area contributed by atoms with Crippen molar-refractivity contribution < 1.29 is 22.7 Å². The number of rotatable bonds is 6. The summed E-state index contributed by atoms with van der Waals surface area (Å²) in [7, 11) is -1.93. The molecule has 0 aliphatic rings. The molecule has 140 valence electrons. The minimum atomic E-state index is -3.50. The number of benzene rings is 1. The maximum Gasteiger partial charge on any atom is 0.340 e. The Morgan fingerprint density at radius 3 is 2.46 bits per heavy atom. The highest BCUT2D eigenvalue weighted by Crippen LogP contribution is 2.23. The first kappa shape index (κ1) is 20.7. The van der Waals surface area contributed by atoms with Crippen LogP contribution in [0.1, 0.15) is 15.2 Å². The minimum Gasteiger partial charge on any atom is -0.452 e. The number of likely N-dealkylation sites (N-methyl/N-ethyl adjacent to an activating group) is 1. The molecule has 0 saturated carbocycles. The van der Waals surface area contributed by atoms with Crippen LogP contribution in [0.15, 0.2) is 35.2 Å². The molecule has 26 heavy (non-hydrogen) atoms. The van der Waals surface area contributed by atoms with Crippen molar-refractivity contribution in [1.29, 1.82) is 0 Å². The average Bonchev–Trinajstić information content (AvgIpc) is 2.96. The Balaban J connectivity index is 2.00. The summed E-state index contributed by atoms with van der Waals surface area (Å²) >= 11 is 13.1. The summed E-state index contributed by atoms with van der Waals surface area (Å²) in [6.45, 7) is -0.161. The van der Waals surface area contributed by atoms with Gasteiger partial charge >= 0.3 is 5.97 Å². The zero-order valence-corrected chi connectivity index (χ0v) is 17.0. The molecule has 1 heterocycles. The van der Waals surface area contributed by atoms with E-state index in [0.29, 0.717) is 10.9 Å². The van der Waals surface area contributed by atoms with Gasteiger partial charge in [-0.2, -0.15) is 0 Å². The van der Waals surface area contributed by atoms with Gasteiger partial charge in [-0.25, -0.2) is 13.2 Å². The van der Waals surface area contributed by atoms with Crippen LogP contribution >= 0.6 is 34.5 Å². The van der Waals surface area contributed by atoms with Gasteiger partial charge in [-0.3, -0.25) is 4.79 Å². The van der Waals surface area contributed by atoms with E-state index in [1.807, 2.05) is 0 Å². The van der Waals surface area contributed by atoms with Crippen LogP contribution in [0, 0.1) is 0 Å². The highest BCUT2D eigenvalue weighted by molar-refractivity contribution is 7.90. The number of nitrogens with zero attached hydrogens (tertiary/aromatic N) is 1. The molecule has 1 aromatic carbocycles. The van der Waals surface area contributed by atoms with Gasteiger partial charge in [-0.1, -0.05) is 23.2 Å². The van der Waals surface area contributed by atoms with Crippen LogP contribution in [0.25, 0.3) is 0 Å². The molecule has 0 unspecified atom stereocenters. The lowest BCUT2D eigenvalue weighted by Gasteiger charge is -2.16. The number of carbonyl (C=O) groups is 2. The van der Waals surface area contributed by atoms with Crippen molar-refractivity contribution in [2.24, 2.45) is 0 Å². The van der Waals surface area contributed by atoms with Gasteiger partial charge < -0.3 is 9.64 Å². The molecule has 0 aliphatic heterocycles. The second kappa shape index (κ2) is 8.39. The molecule has 1 aromatic heterocycles. The molecule has 0 atom stereocenters. The van der Waals surface area contributed by atoms with E-state index < -0.39 is 28.3 Å². The first-order valence-corrected chi connectivity index (χ1v) is 10.7. The lowest BCUT2D eigenvalue weighted by atomic mass is 10.2. The summed E-state index contributed by atoms with van der Waals surface area (Å²) in [5.74, 6) is -1.29. The third kappa shape index (κ3) is 5.44. The number of esters is 1. The molecule has 0 bridgehead atoms. The fraction of sp³-hybridized carbons (Fsp3) is 0.250. The largest absolute Gasteiger partial charge is 0.452 e. The SMILES string of the molecule is CN(Cc1ccc(Cl)s1)C(=O)COC(=O)c1cc(S(C)(=O)=O)ccc1Cl. The van der Waals surface area contributed by atoms with Crippen molar-refractivity contribution in [1.82, 2.24) is 4.90 Å². The number of hydrogen-bond acceptors (Lipinski definition) is 6. The predicted molar refractivity (Wildman–Crippen MR) is 101 cm³/mol. The molecule has 2 rings (SSSR count). The van der Waals surface area contributed by atoms with E-state index >= 15 is 0 Å². The van der Waals surface area contributed by atoms with Crippen LogP contribution in [0.4, 0.5) is 0 Å². The first-order chi connectivity index (χ1) is 12.1. The molecular formula is C16H15Cl2NO5S2. The molecule has 0 radical (unpaired) electrons. The van der Waals surface area contributed by atoms with Gasteiger partial charge in [0.25, 0.3) is 5.91 Å². The number of halogens is 2. The van der Waals surface area contributed by atoms with Crippen LogP contribution in [-0.2, 0) is 25.9 Å². The number of hydrogen-bond donors (Lipinski definition) is 0. The quantitative estimate of drug-likeness (QED) is 0.650. The van der Waals surface area contributed by atoms with Gasteiger partial charge in [0.2, 0.25) is 0 Å². The normalized spacial score (nSPS) is 11.2. The first-order valence-electron chi connectivity index (χ1n) is 7.23. The van der Waals surface area contributed by atoms with E-state index in [-0.39, 0.29) is 15.5 Å². The van der Waals surface area contributed by atoms with Gasteiger partial charge in [-0.05, 0) is 30.3 Å². The van der Waals surface area contributed by atoms with Crippen LogP contribution < -0.4 is 0 Å². The van der Waals surface area contributed by atoms with Gasteiger partial charge in [0, 0.05) is 18.2 Å². The monoisotopic (exact) mass is 435 g/mol. The van der Waals surface area contributed by atoms with E-state index in [9.17, 15) is 18.0 Å².